The standard InChI is InChI=1S/C22H29N3O3S/c1-4-25-14-6-8-19(25)15-23-22(26)18-10-12-20(13-11-18)29(27,28)24-21-9-5-7-16(2)17(21)3/h5,7,9-13,19,24H,4,6,8,14-15H2,1-3H3,(H,23,26). The van der Waals surface area contributed by atoms with Crippen LogP contribution in [0.15, 0.2) is 47.4 Å². The molecule has 2 aromatic rings. The Kier molecular flexibility index (Phi) is 6.59. The zero-order chi connectivity index (χ0) is 21.0. The van der Waals surface area contributed by atoms with Crippen LogP contribution in [0.3, 0.4) is 0 Å². The van der Waals surface area contributed by atoms with Gasteiger partial charge in [0.1, 0.15) is 0 Å². The van der Waals surface area contributed by atoms with E-state index in [0.717, 1.165) is 37.1 Å². The number of carbonyl (C=O) groups is 1. The third kappa shape index (κ3) is 4.97. The first-order valence-electron chi connectivity index (χ1n) is 10.0. The molecule has 7 heteroatoms. The van der Waals surface area contributed by atoms with E-state index in [0.29, 0.717) is 23.8 Å². The summed E-state index contributed by atoms with van der Waals surface area (Å²) in [5.41, 5.74) is 2.92. The average molecular weight is 416 g/mol. The van der Waals surface area contributed by atoms with E-state index in [1.54, 1.807) is 18.2 Å². The lowest BCUT2D eigenvalue weighted by molar-refractivity contribution is 0.0941. The number of rotatable bonds is 7. The molecule has 2 N–H and O–H groups in total. The number of likely N-dealkylation sites (N-methyl/N-ethyl adjacent to an activating group) is 1. The van der Waals surface area contributed by atoms with Gasteiger partial charge in [-0.25, -0.2) is 8.42 Å². The molecule has 1 atom stereocenters. The summed E-state index contributed by atoms with van der Waals surface area (Å²) in [6.07, 6.45) is 2.25. The summed E-state index contributed by atoms with van der Waals surface area (Å²) < 4.78 is 28.0. The summed E-state index contributed by atoms with van der Waals surface area (Å²) in [4.78, 5) is 14.9. The summed E-state index contributed by atoms with van der Waals surface area (Å²) >= 11 is 0. The Hall–Kier alpha value is -2.38. The van der Waals surface area contributed by atoms with Crippen LogP contribution in [-0.2, 0) is 10.0 Å². The molecule has 0 spiro atoms. The maximum atomic E-state index is 12.7. The van der Waals surface area contributed by atoms with Crippen molar-refractivity contribution in [2.24, 2.45) is 0 Å². The lowest BCUT2D eigenvalue weighted by Gasteiger charge is -2.22. The van der Waals surface area contributed by atoms with E-state index in [1.807, 2.05) is 26.0 Å². The molecular weight excluding hydrogens is 386 g/mol. The maximum Gasteiger partial charge on any atom is 0.261 e. The number of amides is 1. The minimum Gasteiger partial charge on any atom is -0.350 e. The molecule has 2 aromatic carbocycles. The van der Waals surface area contributed by atoms with E-state index in [2.05, 4.69) is 21.9 Å². The van der Waals surface area contributed by atoms with Crippen molar-refractivity contribution in [2.75, 3.05) is 24.4 Å². The smallest absolute Gasteiger partial charge is 0.261 e. The van der Waals surface area contributed by atoms with Crippen molar-refractivity contribution >= 4 is 21.6 Å². The monoisotopic (exact) mass is 415 g/mol. The minimum absolute atomic E-state index is 0.128. The van der Waals surface area contributed by atoms with E-state index in [-0.39, 0.29) is 10.8 Å². The molecule has 1 amide bonds. The Balaban J connectivity index is 1.65. The van der Waals surface area contributed by atoms with Crippen molar-refractivity contribution in [1.82, 2.24) is 10.2 Å². The maximum absolute atomic E-state index is 12.7. The van der Waals surface area contributed by atoms with Crippen LogP contribution >= 0.6 is 0 Å². The Labute approximate surface area is 173 Å². The molecule has 6 nitrogen and oxygen atoms in total. The van der Waals surface area contributed by atoms with Gasteiger partial charge in [0.25, 0.3) is 15.9 Å². The molecule has 0 saturated carbocycles. The van der Waals surface area contributed by atoms with Crippen LogP contribution in [-0.4, -0.2) is 44.9 Å². The molecular formula is C22H29N3O3S. The minimum atomic E-state index is -3.72. The van der Waals surface area contributed by atoms with E-state index in [4.69, 9.17) is 0 Å². The van der Waals surface area contributed by atoms with E-state index < -0.39 is 10.0 Å². The molecule has 0 radical (unpaired) electrons. The first kappa shape index (κ1) is 21.3. The number of sulfonamides is 1. The van der Waals surface area contributed by atoms with Crippen LogP contribution in [0.5, 0.6) is 0 Å². The highest BCUT2D eigenvalue weighted by Crippen LogP contribution is 2.22. The van der Waals surface area contributed by atoms with Gasteiger partial charge in [-0.1, -0.05) is 19.1 Å². The lowest BCUT2D eigenvalue weighted by atomic mass is 10.1. The Morgan fingerprint density at radius 1 is 1.14 bits per heavy atom. The SMILES string of the molecule is CCN1CCCC1CNC(=O)c1ccc(S(=O)(=O)Nc2cccc(C)c2C)cc1. The quantitative estimate of drug-likeness (QED) is 0.727. The zero-order valence-corrected chi connectivity index (χ0v) is 18.1. The molecule has 1 saturated heterocycles. The van der Waals surface area contributed by atoms with Crippen molar-refractivity contribution in [3.05, 3.63) is 59.2 Å². The first-order valence-corrected chi connectivity index (χ1v) is 11.5. The van der Waals surface area contributed by atoms with Gasteiger partial charge >= 0.3 is 0 Å². The largest absolute Gasteiger partial charge is 0.350 e. The summed E-state index contributed by atoms with van der Waals surface area (Å²) in [5, 5.41) is 2.97. The molecule has 1 aliphatic heterocycles. The number of hydrogen-bond acceptors (Lipinski definition) is 4. The molecule has 0 bridgehead atoms. The Morgan fingerprint density at radius 3 is 2.55 bits per heavy atom. The van der Waals surface area contributed by atoms with Gasteiger partial charge in [-0.3, -0.25) is 14.4 Å². The Morgan fingerprint density at radius 2 is 1.86 bits per heavy atom. The molecule has 0 aromatic heterocycles. The van der Waals surface area contributed by atoms with Crippen molar-refractivity contribution in [2.45, 2.75) is 44.6 Å². The fourth-order valence-corrected chi connectivity index (χ4v) is 4.83. The molecule has 1 aliphatic rings. The number of likely N-dealkylation sites (tertiary alicyclic amines) is 1. The molecule has 156 valence electrons. The van der Waals surface area contributed by atoms with Crippen molar-refractivity contribution in [1.29, 1.82) is 0 Å². The van der Waals surface area contributed by atoms with Gasteiger partial charge < -0.3 is 5.32 Å². The van der Waals surface area contributed by atoms with Crippen LogP contribution in [0.25, 0.3) is 0 Å². The molecule has 1 unspecified atom stereocenters. The number of anilines is 1. The van der Waals surface area contributed by atoms with E-state index in [9.17, 15) is 13.2 Å². The number of benzene rings is 2. The van der Waals surface area contributed by atoms with Crippen molar-refractivity contribution < 1.29 is 13.2 Å². The number of carbonyl (C=O) groups excluding carboxylic acids is 1. The van der Waals surface area contributed by atoms with Gasteiger partial charge in [0.15, 0.2) is 0 Å². The van der Waals surface area contributed by atoms with Crippen molar-refractivity contribution in [3.63, 3.8) is 0 Å². The van der Waals surface area contributed by atoms with E-state index >= 15 is 0 Å². The van der Waals surface area contributed by atoms with Gasteiger partial charge in [0.05, 0.1) is 10.6 Å². The van der Waals surface area contributed by atoms with E-state index in [1.165, 1.54) is 12.1 Å². The first-order chi connectivity index (χ1) is 13.8. The van der Waals surface area contributed by atoms with Crippen LogP contribution < -0.4 is 10.0 Å². The normalized spacial score (nSPS) is 17.3. The fourth-order valence-electron chi connectivity index (χ4n) is 3.71. The van der Waals surface area contributed by atoms with Gasteiger partial charge in [0.2, 0.25) is 0 Å². The zero-order valence-electron chi connectivity index (χ0n) is 17.2. The highest BCUT2D eigenvalue weighted by atomic mass is 32.2. The summed E-state index contributed by atoms with van der Waals surface area (Å²) in [7, 11) is -3.72. The predicted octanol–water partition coefficient (Wildman–Crippen LogP) is 3.32. The van der Waals surface area contributed by atoms with Crippen molar-refractivity contribution in [3.8, 4) is 0 Å². The average Bonchev–Trinajstić information content (AvgIpc) is 3.17. The highest BCUT2D eigenvalue weighted by Gasteiger charge is 2.23. The van der Waals surface area contributed by atoms with Crippen LogP contribution in [0.4, 0.5) is 5.69 Å². The predicted molar refractivity (Wildman–Crippen MR) is 116 cm³/mol. The molecule has 1 heterocycles. The number of nitrogens with zero attached hydrogens (tertiary/aromatic N) is 1. The summed E-state index contributed by atoms with van der Waals surface area (Å²) in [6, 6.07) is 11.9. The van der Waals surface area contributed by atoms with Crippen LogP contribution in [0.1, 0.15) is 41.3 Å². The lowest BCUT2D eigenvalue weighted by Crippen LogP contribution is -2.40. The molecule has 29 heavy (non-hydrogen) atoms. The van der Waals surface area contributed by atoms with Gasteiger partial charge in [-0.15, -0.1) is 0 Å². The highest BCUT2D eigenvalue weighted by molar-refractivity contribution is 7.92. The number of aryl methyl sites for hydroxylation is 1. The fraction of sp³-hybridized carbons (Fsp3) is 0.409. The second-order valence-corrected chi connectivity index (χ2v) is 9.19. The number of nitrogens with one attached hydrogen (secondary N) is 2. The number of hydrogen-bond donors (Lipinski definition) is 2. The van der Waals surface area contributed by atoms with Gasteiger partial charge in [-0.2, -0.15) is 0 Å². The van der Waals surface area contributed by atoms with Gasteiger partial charge in [0, 0.05) is 18.2 Å². The third-order valence-electron chi connectivity index (χ3n) is 5.68. The van der Waals surface area contributed by atoms with Gasteiger partial charge in [-0.05, 0) is 81.2 Å². The third-order valence-corrected chi connectivity index (χ3v) is 7.06. The summed E-state index contributed by atoms with van der Waals surface area (Å²) in [5.74, 6) is -0.181. The molecule has 0 aliphatic carbocycles. The second kappa shape index (κ2) is 8.97. The van der Waals surface area contributed by atoms with Crippen LogP contribution in [0, 0.1) is 13.8 Å². The van der Waals surface area contributed by atoms with Crippen LogP contribution in [0.2, 0.25) is 0 Å². The Bertz CT molecular complexity index is 971. The molecule has 1 fully saturated rings. The topological polar surface area (TPSA) is 78.5 Å². The second-order valence-electron chi connectivity index (χ2n) is 7.51. The molecule has 3 rings (SSSR count). The summed E-state index contributed by atoms with van der Waals surface area (Å²) in [6.45, 7) is 8.63.